The molecule has 1 aromatic carbocycles. The molecule has 0 radical (unpaired) electrons. The summed E-state index contributed by atoms with van der Waals surface area (Å²) in [6, 6.07) is 5.27. The van der Waals surface area contributed by atoms with Gasteiger partial charge in [0.2, 0.25) is 5.13 Å². The summed E-state index contributed by atoms with van der Waals surface area (Å²) in [5, 5.41) is 21.4. The Labute approximate surface area is 116 Å². The maximum atomic E-state index is 11.8. The molecule has 1 N–H and O–H groups in total. The molecule has 0 saturated carbocycles. The van der Waals surface area contributed by atoms with Gasteiger partial charge in [0.15, 0.2) is 0 Å². The van der Waals surface area contributed by atoms with E-state index in [1.807, 2.05) is 0 Å². The lowest BCUT2D eigenvalue weighted by molar-refractivity contribution is -0.384. The van der Waals surface area contributed by atoms with E-state index in [0.717, 1.165) is 0 Å². The van der Waals surface area contributed by atoms with E-state index in [0.29, 0.717) is 15.7 Å². The van der Waals surface area contributed by atoms with Gasteiger partial charge in [0.05, 0.1) is 10.8 Å². The Kier molecular flexibility index (Phi) is 4.03. The molecule has 1 aromatic heterocycles. The first-order chi connectivity index (χ1) is 9.10. The molecular weight excluding hydrogens is 292 g/mol. The van der Waals surface area contributed by atoms with Crippen LogP contribution >= 0.6 is 22.9 Å². The van der Waals surface area contributed by atoms with Gasteiger partial charge in [-0.1, -0.05) is 11.3 Å². The number of hydrogen-bond donors (Lipinski definition) is 1. The van der Waals surface area contributed by atoms with Crippen LogP contribution in [0.4, 0.5) is 10.8 Å². The van der Waals surface area contributed by atoms with Crippen molar-refractivity contribution in [3.8, 4) is 0 Å². The number of non-ortho nitro benzene ring substituents is 1. The number of carbonyl (C=O) groups excluding carboxylic acids is 1. The third-order valence-corrected chi connectivity index (χ3v) is 3.39. The summed E-state index contributed by atoms with van der Waals surface area (Å²) in [7, 11) is 0. The Bertz CT molecular complexity index is 613. The van der Waals surface area contributed by atoms with Gasteiger partial charge in [0.25, 0.3) is 11.6 Å². The molecule has 0 bridgehead atoms. The number of rotatable bonds is 4. The molecule has 0 unspecified atom stereocenters. The Morgan fingerprint density at radius 1 is 1.37 bits per heavy atom. The van der Waals surface area contributed by atoms with Gasteiger partial charge >= 0.3 is 0 Å². The zero-order valence-corrected chi connectivity index (χ0v) is 10.9. The van der Waals surface area contributed by atoms with Crippen LogP contribution in [-0.4, -0.2) is 21.0 Å². The molecule has 2 aromatic rings. The number of aromatic nitrogens is 2. The Balaban J connectivity index is 2.09. The lowest BCUT2D eigenvalue weighted by atomic mass is 10.2. The van der Waals surface area contributed by atoms with Gasteiger partial charge in [-0.15, -0.1) is 21.8 Å². The van der Waals surface area contributed by atoms with Crippen molar-refractivity contribution in [1.29, 1.82) is 0 Å². The van der Waals surface area contributed by atoms with Gasteiger partial charge < -0.3 is 0 Å². The van der Waals surface area contributed by atoms with Crippen LogP contribution in [0.5, 0.6) is 0 Å². The maximum absolute atomic E-state index is 11.8. The summed E-state index contributed by atoms with van der Waals surface area (Å²) < 4.78 is 0. The van der Waals surface area contributed by atoms with Gasteiger partial charge in [-0.25, -0.2) is 0 Å². The average molecular weight is 299 g/mol. The van der Waals surface area contributed by atoms with Crippen LogP contribution in [-0.2, 0) is 5.88 Å². The summed E-state index contributed by atoms with van der Waals surface area (Å²) in [5.41, 5.74) is 0.227. The lowest BCUT2D eigenvalue weighted by Gasteiger charge is -2.00. The summed E-state index contributed by atoms with van der Waals surface area (Å²) in [4.78, 5) is 21.8. The monoisotopic (exact) mass is 298 g/mol. The first kappa shape index (κ1) is 13.4. The number of halogens is 1. The Morgan fingerprint density at radius 2 is 2.05 bits per heavy atom. The van der Waals surface area contributed by atoms with Gasteiger partial charge in [-0.05, 0) is 12.1 Å². The zero-order valence-electron chi connectivity index (χ0n) is 9.37. The minimum atomic E-state index is -0.529. The van der Waals surface area contributed by atoms with Crippen molar-refractivity contribution in [3.63, 3.8) is 0 Å². The smallest absolute Gasteiger partial charge is 0.269 e. The summed E-state index contributed by atoms with van der Waals surface area (Å²) in [6.07, 6.45) is 0. The molecule has 1 amide bonds. The maximum Gasteiger partial charge on any atom is 0.269 e. The first-order valence-corrected chi connectivity index (χ1v) is 6.39. The minimum absolute atomic E-state index is 0.0723. The molecule has 0 fully saturated rings. The molecule has 98 valence electrons. The highest BCUT2D eigenvalue weighted by Gasteiger charge is 2.11. The van der Waals surface area contributed by atoms with Crippen LogP contribution in [0.2, 0.25) is 0 Å². The highest BCUT2D eigenvalue weighted by molar-refractivity contribution is 7.15. The van der Waals surface area contributed by atoms with Crippen LogP contribution in [0.25, 0.3) is 0 Å². The number of alkyl halides is 1. The fourth-order valence-electron chi connectivity index (χ4n) is 1.26. The van der Waals surface area contributed by atoms with Crippen LogP contribution in [0.1, 0.15) is 15.4 Å². The van der Waals surface area contributed by atoms with E-state index < -0.39 is 10.8 Å². The van der Waals surface area contributed by atoms with E-state index in [4.69, 9.17) is 11.6 Å². The van der Waals surface area contributed by atoms with Crippen molar-refractivity contribution in [1.82, 2.24) is 10.2 Å². The molecule has 2 rings (SSSR count). The van der Waals surface area contributed by atoms with E-state index in [1.54, 1.807) is 0 Å². The third-order valence-electron chi connectivity index (χ3n) is 2.14. The fourth-order valence-corrected chi connectivity index (χ4v) is 2.06. The van der Waals surface area contributed by atoms with E-state index in [-0.39, 0.29) is 11.6 Å². The Hall–Kier alpha value is -2.06. The zero-order chi connectivity index (χ0) is 13.8. The second kappa shape index (κ2) is 5.72. The van der Waals surface area contributed by atoms with Crippen LogP contribution in [0.15, 0.2) is 24.3 Å². The molecular formula is C10H7ClN4O3S. The minimum Gasteiger partial charge on any atom is -0.296 e. The topological polar surface area (TPSA) is 98.0 Å². The van der Waals surface area contributed by atoms with Crippen molar-refractivity contribution in [2.75, 3.05) is 5.32 Å². The predicted octanol–water partition coefficient (Wildman–Crippen LogP) is 2.44. The van der Waals surface area contributed by atoms with Gasteiger partial charge in [0.1, 0.15) is 5.01 Å². The fraction of sp³-hybridized carbons (Fsp3) is 0.100. The predicted molar refractivity (Wildman–Crippen MR) is 70.5 cm³/mol. The standard InChI is InChI=1S/C10H7ClN4O3S/c11-5-8-13-14-10(19-8)12-9(16)6-1-3-7(4-2-6)15(17)18/h1-4H,5H2,(H,12,14,16). The molecule has 7 nitrogen and oxygen atoms in total. The SMILES string of the molecule is O=C(Nc1nnc(CCl)s1)c1ccc([N+](=O)[O-])cc1. The van der Waals surface area contributed by atoms with Gasteiger partial charge in [-0.3, -0.25) is 20.2 Å². The summed E-state index contributed by atoms with van der Waals surface area (Å²) >= 11 is 6.74. The molecule has 0 saturated heterocycles. The van der Waals surface area contributed by atoms with Crippen molar-refractivity contribution in [3.05, 3.63) is 45.0 Å². The van der Waals surface area contributed by atoms with Crippen molar-refractivity contribution < 1.29 is 9.72 Å². The molecule has 0 spiro atoms. The molecule has 0 atom stereocenters. The highest BCUT2D eigenvalue weighted by atomic mass is 35.5. The summed E-state index contributed by atoms with van der Waals surface area (Å²) in [5.74, 6) is -0.183. The van der Waals surface area contributed by atoms with E-state index in [1.165, 1.54) is 35.6 Å². The number of nitrogens with one attached hydrogen (secondary N) is 1. The average Bonchev–Trinajstić information content (AvgIpc) is 2.86. The molecule has 0 aliphatic heterocycles. The van der Waals surface area contributed by atoms with Gasteiger partial charge in [-0.2, -0.15) is 0 Å². The van der Waals surface area contributed by atoms with Crippen LogP contribution in [0, 0.1) is 10.1 Å². The number of anilines is 1. The van der Waals surface area contributed by atoms with Crippen molar-refractivity contribution >= 4 is 39.7 Å². The third kappa shape index (κ3) is 3.24. The second-order valence-corrected chi connectivity index (χ2v) is 4.72. The number of hydrogen-bond acceptors (Lipinski definition) is 6. The molecule has 0 aliphatic carbocycles. The number of nitro benzene ring substituents is 1. The van der Waals surface area contributed by atoms with E-state index in [9.17, 15) is 14.9 Å². The largest absolute Gasteiger partial charge is 0.296 e. The number of benzene rings is 1. The molecule has 0 aliphatic rings. The number of nitro groups is 1. The quantitative estimate of drug-likeness (QED) is 0.531. The number of carbonyl (C=O) groups is 1. The number of nitrogens with zero attached hydrogens (tertiary/aromatic N) is 3. The van der Waals surface area contributed by atoms with E-state index in [2.05, 4.69) is 15.5 Å². The normalized spacial score (nSPS) is 10.2. The molecule has 9 heteroatoms. The molecule has 19 heavy (non-hydrogen) atoms. The highest BCUT2D eigenvalue weighted by Crippen LogP contribution is 2.18. The first-order valence-electron chi connectivity index (χ1n) is 5.04. The van der Waals surface area contributed by atoms with Crippen LogP contribution < -0.4 is 5.32 Å². The number of amides is 1. The van der Waals surface area contributed by atoms with Gasteiger partial charge in [0, 0.05) is 17.7 Å². The molecule has 1 heterocycles. The van der Waals surface area contributed by atoms with E-state index >= 15 is 0 Å². The van der Waals surface area contributed by atoms with Crippen molar-refractivity contribution in [2.45, 2.75) is 5.88 Å². The van der Waals surface area contributed by atoms with Crippen molar-refractivity contribution in [2.24, 2.45) is 0 Å². The second-order valence-electron chi connectivity index (χ2n) is 3.39. The van der Waals surface area contributed by atoms with Crippen LogP contribution in [0.3, 0.4) is 0 Å². The summed E-state index contributed by atoms with van der Waals surface area (Å²) in [6.45, 7) is 0. The Morgan fingerprint density at radius 3 is 2.58 bits per heavy atom. The lowest BCUT2D eigenvalue weighted by Crippen LogP contribution is -2.11.